The molecule has 172 valence electrons. The molecule has 3 nitrogen and oxygen atoms in total. The maximum absolute atomic E-state index is 11.6. The fraction of sp³-hybridized carbons (Fsp3) is 0.926. The third-order valence-electron chi connectivity index (χ3n) is 10.5. The first-order chi connectivity index (χ1) is 14.0. The van der Waals surface area contributed by atoms with Gasteiger partial charge >= 0.3 is 0 Å². The van der Waals surface area contributed by atoms with E-state index in [1.54, 1.807) is 0 Å². The van der Waals surface area contributed by atoms with Gasteiger partial charge in [-0.2, -0.15) is 0 Å². The summed E-state index contributed by atoms with van der Waals surface area (Å²) in [6.45, 7) is 11.2. The van der Waals surface area contributed by atoms with Crippen molar-refractivity contribution in [3.8, 4) is 0 Å². The van der Waals surface area contributed by atoms with Crippen molar-refractivity contribution in [3.63, 3.8) is 0 Å². The minimum absolute atomic E-state index is 0.124. The molecule has 0 amide bonds. The minimum atomic E-state index is -1.00. The van der Waals surface area contributed by atoms with E-state index in [2.05, 4.69) is 33.8 Å². The molecule has 0 saturated heterocycles. The molecule has 1 unspecified atom stereocenters. The number of fused-ring (bicyclic) bond motifs is 5. The molecular formula is C27H46O3. The van der Waals surface area contributed by atoms with Crippen molar-refractivity contribution in [1.29, 1.82) is 0 Å². The number of aliphatic hydroxyl groups excluding tert-OH is 2. The molecule has 4 aliphatic rings. The third-order valence-corrected chi connectivity index (χ3v) is 10.5. The molecule has 0 spiro atoms. The van der Waals surface area contributed by atoms with Crippen LogP contribution in [0.3, 0.4) is 0 Å². The average Bonchev–Trinajstić information content (AvgIpc) is 3.04. The Morgan fingerprint density at radius 3 is 2.50 bits per heavy atom. The molecule has 30 heavy (non-hydrogen) atoms. The average molecular weight is 419 g/mol. The summed E-state index contributed by atoms with van der Waals surface area (Å²) >= 11 is 0. The van der Waals surface area contributed by atoms with Crippen LogP contribution in [-0.2, 0) is 0 Å². The van der Waals surface area contributed by atoms with E-state index < -0.39 is 11.7 Å². The van der Waals surface area contributed by atoms with Gasteiger partial charge in [0.25, 0.3) is 0 Å². The Morgan fingerprint density at radius 1 is 1.07 bits per heavy atom. The largest absolute Gasteiger partial charge is 0.393 e. The van der Waals surface area contributed by atoms with Crippen LogP contribution in [0.25, 0.3) is 0 Å². The zero-order chi connectivity index (χ0) is 21.9. The first kappa shape index (κ1) is 22.8. The Balaban J connectivity index is 1.55. The number of hydrogen-bond donors (Lipinski definition) is 3. The van der Waals surface area contributed by atoms with Gasteiger partial charge < -0.3 is 15.3 Å². The van der Waals surface area contributed by atoms with Crippen LogP contribution in [0, 0.1) is 40.4 Å². The van der Waals surface area contributed by atoms with E-state index in [0.717, 1.165) is 44.4 Å². The number of hydrogen-bond acceptors (Lipinski definition) is 3. The highest BCUT2D eigenvalue weighted by Gasteiger charge is 2.62. The van der Waals surface area contributed by atoms with Crippen LogP contribution in [-0.4, -0.2) is 33.1 Å². The molecule has 0 aromatic rings. The number of aliphatic hydroxyl groups is 3. The first-order valence-corrected chi connectivity index (χ1v) is 12.8. The van der Waals surface area contributed by atoms with Gasteiger partial charge in [0, 0.05) is 0 Å². The third kappa shape index (κ3) is 3.52. The molecule has 3 fully saturated rings. The van der Waals surface area contributed by atoms with E-state index in [4.69, 9.17) is 0 Å². The maximum Gasteiger partial charge on any atom is 0.0910 e. The molecule has 3 saturated carbocycles. The van der Waals surface area contributed by atoms with E-state index >= 15 is 0 Å². The monoisotopic (exact) mass is 418 g/mol. The summed E-state index contributed by atoms with van der Waals surface area (Å²) in [5, 5.41) is 32.7. The molecule has 0 aliphatic heterocycles. The van der Waals surface area contributed by atoms with Gasteiger partial charge in [0.1, 0.15) is 0 Å². The van der Waals surface area contributed by atoms with Crippen molar-refractivity contribution in [1.82, 2.24) is 0 Å². The van der Waals surface area contributed by atoms with Crippen LogP contribution in [0.15, 0.2) is 11.6 Å². The molecular weight excluding hydrogens is 372 g/mol. The quantitative estimate of drug-likeness (QED) is 0.519. The van der Waals surface area contributed by atoms with E-state index in [9.17, 15) is 15.3 Å². The summed E-state index contributed by atoms with van der Waals surface area (Å²) in [5.74, 6) is 2.80. The second kappa shape index (κ2) is 7.89. The van der Waals surface area contributed by atoms with Crippen molar-refractivity contribution in [3.05, 3.63) is 11.6 Å². The number of rotatable bonds is 5. The molecule has 4 aliphatic carbocycles. The lowest BCUT2D eigenvalue weighted by atomic mass is 9.46. The summed E-state index contributed by atoms with van der Waals surface area (Å²) in [7, 11) is 0. The Hall–Kier alpha value is -0.380. The zero-order valence-electron chi connectivity index (χ0n) is 20.0. The van der Waals surface area contributed by atoms with Crippen LogP contribution >= 0.6 is 0 Å². The minimum Gasteiger partial charge on any atom is -0.393 e. The van der Waals surface area contributed by atoms with Crippen LogP contribution in [0.1, 0.15) is 98.8 Å². The predicted molar refractivity (Wildman–Crippen MR) is 122 cm³/mol. The van der Waals surface area contributed by atoms with Crippen LogP contribution in [0.4, 0.5) is 0 Å². The molecule has 3 heteroatoms. The summed E-state index contributed by atoms with van der Waals surface area (Å²) < 4.78 is 0. The van der Waals surface area contributed by atoms with Gasteiger partial charge in [-0.25, -0.2) is 0 Å². The molecule has 0 aromatic heterocycles. The fourth-order valence-electron chi connectivity index (χ4n) is 8.62. The van der Waals surface area contributed by atoms with E-state index in [0.29, 0.717) is 24.2 Å². The normalized spacial score (nSPS) is 46.4. The van der Waals surface area contributed by atoms with Crippen molar-refractivity contribution in [2.45, 2.75) is 117 Å². The molecule has 0 aromatic carbocycles. The Morgan fingerprint density at radius 2 is 1.80 bits per heavy atom. The van der Waals surface area contributed by atoms with E-state index in [1.807, 2.05) is 6.92 Å². The highest BCUT2D eigenvalue weighted by atomic mass is 16.3. The number of allylic oxidation sites excluding steroid dienone is 1. The van der Waals surface area contributed by atoms with Gasteiger partial charge in [-0.15, -0.1) is 0 Å². The van der Waals surface area contributed by atoms with Gasteiger partial charge in [0.15, 0.2) is 0 Å². The van der Waals surface area contributed by atoms with Gasteiger partial charge in [0.2, 0.25) is 0 Å². The van der Waals surface area contributed by atoms with Gasteiger partial charge in [0.05, 0.1) is 17.8 Å². The molecule has 4 rings (SSSR count). The maximum atomic E-state index is 11.6. The highest BCUT2D eigenvalue weighted by Crippen LogP contribution is 2.67. The second-order valence-electron chi connectivity index (χ2n) is 12.5. The zero-order valence-corrected chi connectivity index (χ0v) is 20.0. The van der Waals surface area contributed by atoms with Gasteiger partial charge in [-0.1, -0.05) is 39.3 Å². The Bertz CT molecular complexity index is 667. The van der Waals surface area contributed by atoms with Crippen molar-refractivity contribution < 1.29 is 15.3 Å². The highest BCUT2D eigenvalue weighted by molar-refractivity contribution is 5.25. The molecule has 0 radical (unpaired) electrons. The van der Waals surface area contributed by atoms with E-state index in [1.165, 1.54) is 24.8 Å². The van der Waals surface area contributed by atoms with Crippen molar-refractivity contribution in [2.75, 3.05) is 0 Å². The van der Waals surface area contributed by atoms with Gasteiger partial charge in [-0.05, 0) is 112 Å². The Labute approximate surface area is 184 Å². The molecule has 3 N–H and O–H groups in total. The smallest absolute Gasteiger partial charge is 0.0910 e. The fourth-order valence-corrected chi connectivity index (χ4v) is 8.62. The van der Waals surface area contributed by atoms with Gasteiger partial charge in [-0.3, -0.25) is 0 Å². The van der Waals surface area contributed by atoms with Crippen LogP contribution in [0.2, 0.25) is 0 Å². The predicted octanol–water partition coefficient (Wildman–Crippen LogP) is 5.47. The van der Waals surface area contributed by atoms with Crippen LogP contribution < -0.4 is 0 Å². The standard InChI is InChI=1S/C27H46O3/c1-17(2)6-11-24(29)27(5,30)23-10-9-21-20-8-7-18-16-19(28)12-14-25(18,3)22(20)13-15-26(21,23)4/h7,17,19-24,28-30H,6,8-16H2,1-5H3/t19-,20-,21+,22+,23+,24-,25-,26-,27?/m0/s1. The van der Waals surface area contributed by atoms with Crippen molar-refractivity contribution in [2.24, 2.45) is 40.4 Å². The first-order valence-electron chi connectivity index (χ1n) is 12.8. The molecule has 0 bridgehead atoms. The summed E-state index contributed by atoms with van der Waals surface area (Å²) in [6, 6.07) is 0. The van der Waals surface area contributed by atoms with Crippen LogP contribution in [0.5, 0.6) is 0 Å². The van der Waals surface area contributed by atoms with E-state index in [-0.39, 0.29) is 22.9 Å². The lowest BCUT2D eigenvalue weighted by Crippen LogP contribution is -2.55. The summed E-state index contributed by atoms with van der Waals surface area (Å²) in [5.41, 5.74) is 0.914. The summed E-state index contributed by atoms with van der Waals surface area (Å²) in [6.07, 6.45) is 12.1. The topological polar surface area (TPSA) is 60.7 Å². The Kier molecular flexibility index (Phi) is 5.99. The molecule has 0 heterocycles. The lowest BCUT2D eigenvalue weighted by Gasteiger charge is -2.59. The molecule has 9 atom stereocenters. The van der Waals surface area contributed by atoms with Crippen molar-refractivity contribution >= 4 is 0 Å². The second-order valence-corrected chi connectivity index (χ2v) is 12.5. The lowest BCUT2D eigenvalue weighted by molar-refractivity contribution is -0.151. The summed E-state index contributed by atoms with van der Waals surface area (Å²) in [4.78, 5) is 0. The SMILES string of the molecule is CC(C)CC[C@H](O)C(C)(O)[C@@H]1CC[C@@H]2[C@@H]3CC=C4C[C@@H](O)CC[C@]4(C)[C@@H]3CC[C@@]21C.